The first-order valence-corrected chi connectivity index (χ1v) is 11.8. The van der Waals surface area contributed by atoms with Crippen LogP contribution in [0.1, 0.15) is 19.8 Å². The van der Waals surface area contributed by atoms with Crippen molar-refractivity contribution >= 4 is 41.6 Å². The third-order valence-electron chi connectivity index (χ3n) is 5.55. The molecular formula is C20H29ClN2O8S. The minimum Gasteiger partial charge on any atom is -0.465 e. The third kappa shape index (κ3) is 6.24. The number of amides is 2. The van der Waals surface area contributed by atoms with Crippen LogP contribution in [0.3, 0.4) is 0 Å². The molecular weight excluding hydrogens is 464 g/mol. The molecule has 1 unspecified atom stereocenters. The summed E-state index contributed by atoms with van der Waals surface area (Å²) < 4.78 is 5.72. The Morgan fingerprint density at radius 2 is 2.00 bits per heavy atom. The molecule has 0 saturated carbocycles. The molecule has 8 atom stereocenters. The molecule has 180 valence electrons. The van der Waals surface area contributed by atoms with E-state index in [1.165, 1.54) is 6.08 Å². The van der Waals surface area contributed by atoms with Gasteiger partial charge < -0.3 is 30.5 Å². The number of alkyl halides is 1. The summed E-state index contributed by atoms with van der Waals surface area (Å²) in [5, 5.41) is 42.3. The highest BCUT2D eigenvalue weighted by atomic mass is 35.5. The lowest BCUT2D eigenvalue weighted by atomic mass is 9.93. The van der Waals surface area contributed by atoms with Crippen LogP contribution in [-0.2, 0) is 14.3 Å². The van der Waals surface area contributed by atoms with E-state index < -0.39 is 59.3 Å². The Hall–Kier alpha value is -1.63. The van der Waals surface area contributed by atoms with Crippen LogP contribution < -0.4 is 5.32 Å². The van der Waals surface area contributed by atoms with E-state index in [4.69, 9.17) is 16.3 Å². The van der Waals surface area contributed by atoms with Gasteiger partial charge in [-0.25, -0.2) is 4.79 Å². The Labute approximate surface area is 195 Å². The number of nitrogens with zero attached hydrogens (tertiary/aromatic N) is 1. The summed E-state index contributed by atoms with van der Waals surface area (Å²) in [6, 6.07) is -2.05. The second kappa shape index (κ2) is 12.0. The van der Waals surface area contributed by atoms with E-state index >= 15 is 0 Å². The zero-order chi connectivity index (χ0) is 24.0. The molecule has 2 heterocycles. The molecule has 1 saturated heterocycles. The summed E-state index contributed by atoms with van der Waals surface area (Å²) in [6.45, 7) is 1.62. The molecule has 10 nitrogen and oxygen atoms in total. The molecule has 2 amide bonds. The normalized spacial score (nSPS) is 33.2. The predicted molar refractivity (Wildman–Crippen MR) is 118 cm³/mol. The Balaban J connectivity index is 2.24. The van der Waals surface area contributed by atoms with Gasteiger partial charge in [0.15, 0.2) is 0 Å². The Bertz CT molecular complexity index is 747. The SMILES string of the molecule is CS[C@H]1O[C@H]([C@H](NC(=O)C2CC=C(/C=C/C=O)CCN2C(=O)O)[C@H](C)Cl)[C@H](O)[C@H](O)[C@H]1O. The van der Waals surface area contributed by atoms with Crippen LogP contribution in [0.2, 0.25) is 0 Å². The van der Waals surface area contributed by atoms with Crippen LogP contribution in [0.15, 0.2) is 23.8 Å². The van der Waals surface area contributed by atoms with Gasteiger partial charge in [-0.05, 0) is 32.1 Å². The van der Waals surface area contributed by atoms with Gasteiger partial charge in [-0.1, -0.05) is 17.7 Å². The first-order chi connectivity index (χ1) is 15.1. The number of hydrogen-bond acceptors (Lipinski definition) is 8. The van der Waals surface area contributed by atoms with Crippen molar-refractivity contribution in [3.63, 3.8) is 0 Å². The summed E-state index contributed by atoms with van der Waals surface area (Å²) in [7, 11) is 0. The number of aldehydes is 1. The van der Waals surface area contributed by atoms with Crippen LogP contribution in [0.25, 0.3) is 0 Å². The summed E-state index contributed by atoms with van der Waals surface area (Å²) in [5.41, 5.74) is -0.122. The number of nitrogens with one attached hydrogen (secondary N) is 1. The molecule has 5 N–H and O–H groups in total. The van der Waals surface area contributed by atoms with Crippen LogP contribution in [0, 0.1) is 0 Å². The van der Waals surface area contributed by atoms with E-state index in [2.05, 4.69) is 5.32 Å². The number of carbonyl (C=O) groups is 3. The lowest BCUT2D eigenvalue weighted by Gasteiger charge is -2.44. The summed E-state index contributed by atoms with van der Waals surface area (Å²) >= 11 is 7.40. The van der Waals surface area contributed by atoms with Gasteiger partial charge in [-0.15, -0.1) is 23.4 Å². The molecule has 2 aliphatic rings. The number of aliphatic hydroxyl groups excluding tert-OH is 3. The van der Waals surface area contributed by atoms with Crippen molar-refractivity contribution in [2.75, 3.05) is 12.8 Å². The number of thioether (sulfide) groups is 1. The number of rotatable bonds is 7. The molecule has 12 heteroatoms. The van der Waals surface area contributed by atoms with E-state index in [0.29, 0.717) is 12.7 Å². The molecule has 0 aromatic heterocycles. The van der Waals surface area contributed by atoms with Crippen molar-refractivity contribution in [3.05, 3.63) is 23.8 Å². The van der Waals surface area contributed by atoms with Crippen LogP contribution in [0.5, 0.6) is 0 Å². The molecule has 0 radical (unpaired) electrons. The highest BCUT2D eigenvalue weighted by molar-refractivity contribution is 7.99. The van der Waals surface area contributed by atoms with Crippen LogP contribution in [-0.4, -0.2) is 104 Å². The minimum absolute atomic E-state index is 0.0472. The van der Waals surface area contributed by atoms with Gasteiger partial charge in [0.05, 0.1) is 11.4 Å². The quantitative estimate of drug-likeness (QED) is 0.189. The molecule has 1 fully saturated rings. The highest BCUT2D eigenvalue weighted by Crippen LogP contribution is 2.30. The van der Waals surface area contributed by atoms with Crippen molar-refractivity contribution in [1.82, 2.24) is 10.2 Å². The molecule has 0 aromatic carbocycles. The Kier molecular flexibility index (Phi) is 9.99. The fourth-order valence-electron chi connectivity index (χ4n) is 3.77. The molecule has 32 heavy (non-hydrogen) atoms. The van der Waals surface area contributed by atoms with Crippen molar-refractivity contribution < 1.29 is 39.5 Å². The van der Waals surface area contributed by atoms with Crippen LogP contribution >= 0.6 is 23.4 Å². The van der Waals surface area contributed by atoms with Crippen molar-refractivity contribution in [1.29, 1.82) is 0 Å². The predicted octanol–water partition coefficient (Wildman–Crippen LogP) is 0.0930. The van der Waals surface area contributed by atoms with Gasteiger partial charge in [0.25, 0.3) is 0 Å². The first kappa shape index (κ1) is 26.6. The molecule has 0 aromatic rings. The lowest BCUT2D eigenvalue weighted by Crippen LogP contribution is -2.65. The zero-order valence-corrected chi connectivity index (χ0v) is 19.3. The number of carbonyl (C=O) groups excluding carboxylic acids is 2. The monoisotopic (exact) mass is 492 g/mol. The van der Waals surface area contributed by atoms with Gasteiger partial charge in [-0.2, -0.15) is 0 Å². The van der Waals surface area contributed by atoms with Crippen LogP contribution in [0.4, 0.5) is 4.79 Å². The van der Waals surface area contributed by atoms with Gasteiger partial charge in [-0.3, -0.25) is 14.5 Å². The number of aliphatic hydroxyl groups is 3. The van der Waals surface area contributed by atoms with Gasteiger partial charge in [0, 0.05) is 6.54 Å². The van der Waals surface area contributed by atoms with Gasteiger partial charge in [0.1, 0.15) is 42.2 Å². The second-order valence-electron chi connectivity index (χ2n) is 7.64. The zero-order valence-electron chi connectivity index (χ0n) is 17.7. The maximum absolute atomic E-state index is 13.1. The van der Waals surface area contributed by atoms with E-state index in [1.54, 1.807) is 25.3 Å². The number of ether oxygens (including phenoxy) is 1. The van der Waals surface area contributed by atoms with Crippen molar-refractivity contribution in [2.24, 2.45) is 0 Å². The average molecular weight is 493 g/mol. The summed E-state index contributed by atoms with van der Waals surface area (Å²) in [6.07, 6.45) is 0.471. The van der Waals surface area contributed by atoms with E-state index in [9.17, 15) is 34.8 Å². The largest absolute Gasteiger partial charge is 0.465 e. The average Bonchev–Trinajstić information content (AvgIpc) is 2.97. The summed E-state index contributed by atoms with van der Waals surface area (Å²) in [4.78, 5) is 36.5. The summed E-state index contributed by atoms with van der Waals surface area (Å²) in [5.74, 6) is -0.640. The van der Waals surface area contributed by atoms with E-state index in [0.717, 1.165) is 22.2 Å². The van der Waals surface area contributed by atoms with Gasteiger partial charge >= 0.3 is 6.09 Å². The van der Waals surface area contributed by atoms with Crippen molar-refractivity contribution in [3.8, 4) is 0 Å². The van der Waals surface area contributed by atoms with Crippen molar-refractivity contribution in [2.45, 2.75) is 67.1 Å². The van der Waals surface area contributed by atoms with Gasteiger partial charge in [0.2, 0.25) is 5.91 Å². The highest BCUT2D eigenvalue weighted by Gasteiger charge is 2.48. The first-order valence-electron chi connectivity index (χ1n) is 10.1. The molecule has 0 aliphatic carbocycles. The Morgan fingerprint density at radius 1 is 1.31 bits per heavy atom. The maximum atomic E-state index is 13.1. The third-order valence-corrected chi connectivity index (χ3v) is 6.68. The van der Waals surface area contributed by atoms with E-state index in [1.807, 2.05) is 0 Å². The molecule has 0 bridgehead atoms. The standard InChI is InChI=1S/C20H29ClN2O8S/c1-10(21)13(17-15(26)14(25)16(27)19(31-17)32-2)22-18(28)12-6-5-11(4-3-9-24)7-8-23(12)20(29)30/h3-5,9-10,12-17,19,25-27H,6-8H2,1-2H3,(H,22,28)(H,29,30)/b4-3+/t10-,12?,13+,14-,15+,16+,17+,19+/m0/s1. The maximum Gasteiger partial charge on any atom is 0.408 e. The number of allylic oxidation sites excluding steroid dienone is 2. The Morgan fingerprint density at radius 3 is 2.56 bits per heavy atom. The number of halogens is 1. The number of hydrogen-bond donors (Lipinski definition) is 5. The smallest absolute Gasteiger partial charge is 0.408 e. The molecule has 2 aliphatic heterocycles. The van der Waals surface area contributed by atoms with E-state index in [-0.39, 0.29) is 13.0 Å². The molecule has 0 spiro atoms. The molecule has 2 rings (SSSR count). The fourth-order valence-corrected chi connectivity index (χ4v) is 4.66. The topological polar surface area (TPSA) is 157 Å². The second-order valence-corrected chi connectivity index (χ2v) is 9.26. The number of carboxylic acid groups (broad SMARTS) is 1. The lowest BCUT2D eigenvalue weighted by molar-refractivity contribution is -0.205. The fraction of sp³-hybridized carbons (Fsp3) is 0.650. The minimum atomic E-state index is -1.52.